The van der Waals surface area contributed by atoms with Gasteiger partial charge in [0.2, 0.25) is 5.91 Å². The summed E-state index contributed by atoms with van der Waals surface area (Å²) < 4.78 is 8.15. The summed E-state index contributed by atoms with van der Waals surface area (Å²) in [4.78, 5) is 12.5. The molecule has 0 fully saturated rings. The van der Waals surface area contributed by atoms with Crippen LogP contribution in [0.3, 0.4) is 0 Å². The monoisotopic (exact) mass is 379 g/mol. The molecule has 0 saturated carbocycles. The van der Waals surface area contributed by atoms with Crippen molar-refractivity contribution in [3.8, 4) is 5.75 Å². The fourth-order valence-corrected chi connectivity index (χ4v) is 2.65. The van der Waals surface area contributed by atoms with Crippen LogP contribution in [-0.2, 0) is 11.3 Å². The van der Waals surface area contributed by atoms with E-state index in [1.54, 1.807) is 7.11 Å². The lowest BCUT2D eigenvalue weighted by Crippen LogP contribution is -2.25. The number of aromatic nitrogens is 2. The Balaban J connectivity index is 2.11. The van der Waals surface area contributed by atoms with Crippen LogP contribution in [0.4, 0.5) is 5.69 Å². The second kappa shape index (κ2) is 7.17. The molecule has 6 heteroatoms. The average Bonchev–Trinajstić information content (AvgIpc) is 2.74. The first-order valence-corrected chi connectivity index (χ1v) is 8.27. The Morgan fingerprint density at radius 1 is 1.39 bits per heavy atom. The van der Waals surface area contributed by atoms with Gasteiger partial charge in [0, 0.05) is 5.69 Å². The summed E-state index contributed by atoms with van der Waals surface area (Å²) in [5.74, 6) is 0.382. The summed E-state index contributed by atoms with van der Waals surface area (Å²) in [7, 11) is 1.59. The number of halogens is 1. The van der Waals surface area contributed by atoms with Crippen molar-refractivity contribution in [3.05, 3.63) is 39.6 Å². The fourth-order valence-electron chi connectivity index (χ4n) is 2.37. The lowest BCUT2D eigenvalue weighted by Gasteiger charge is -2.15. The van der Waals surface area contributed by atoms with Crippen LogP contribution in [-0.4, -0.2) is 22.8 Å². The van der Waals surface area contributed by atoms with Crippen LogP contribution in [0.25, 0.3) is 0 Å². The molecule has 0 aliphatic carbocycles. The minimum Gasteiger partial charge on any atom is -0.495 e. The van der Waals surface area contributed by atoms with Gasteiger partial charge in [-0.1, -0.05) is 13.0 Å². The molecule has 0 aliphatic heterocycles. The average molecular weight is 380 g/mol. The molecule has 23 heavy (non-hydrogen) atoms. The highest BCUT2D eigenvalue weighted by molar-refractivity contribution is 9.10. The quantitative estimate of drug-likeness (QED) is 0.857. The van der Waals surface area contributed by atoms with E-state index in [4.69, 9.17) is 4.74 Å². The molecule has 0 radical (unpaired) electrons. The van der Waals surface area contributed by atoms with Crippen molar-refractivity contribution in [2.45, 2.75) is 34.2 Å². The topological polar surface area (TPSA) is 56.1 Å². The van der Waals surface area contributed by atoms with Gasteiger partial charge in [0.15, 0.2) is 0 Å². The van der Waals surface area contributed by atoms with E-state index in [1.807, 2.05) is 50.6 Å². The van der Waals surface area contributed by atoms with Crippen molar-refractivity contribution in [1.29, 1.82) is 0 Å². The first-order chi connectivity index (χ1) is 10.8. The third-order valence-electron chi connectivity index (χ3n) is 3.80. The zero-order chi connectivity index (χ0) is 17.1. The number of rotatable bonds is 5. The molecular formula is C17H22BrN3O2. The summed E-state index contributed by atoms with van der Waals surface area (Å²) in [5, 5.41) is 7.40. The number of hydrogen-bond donors (Lipinski definition) is 1. The SMILES string of the molecule is COc1ccc(C)cc1NC(=O)C(C)Cn1nc(C)c(Br)c1C. The molecule has 1 atom stereocenters. The Morgan fingerprint density at radius 3 is 2.65 bits per heavy atom. The van der Waals surface area contributed by atoms with Crippen LogP contribution in [0, 0.1) is 26.7 Å². The van der Waals surface area contributed by atoms with E-state index in [-0.39, 0.29) is 11.8 Å². The number of ether oxygens (including phenoxy) is 1. The van der Waals surface area contributed by atoms with Crippen molar-refractivity contribution >= 4 is 27.5 Å². The van der Waals surface area contributed by atoms with Gasteiger partial charge in [-0.3, -0.25) is 9.48 Å². The Hall–Kier alpha value is -1.82. The number of carbonyl (C=O) groups excluding carboxylic acids is 1. The predicted molar refractivity (Wildman–Crippen MR) is 94.9 cm³/mol. The summed E-state index contributed by atoms with van der Waals surface area (Å²) in [6, 6.07) is 5.71. The minimum atomic E-state index is -0.217. The van der Waals surface area contributed by atoms with Crippen LogP contribution in [0.2, 0.25) is 0 Å². The zero-order valence-corrected chi connectivity index (χ0v) is 15.7. The molecule has 1 heterocycles. The summed E-state index contributed by atoms with van der Waals surface area (Å²) >= 11 is 3.51. The molecule has 0 bridgehead atoms. The third-order valence-corrected chi connectivity index (χ3v) is 4.95. The normalized spacial score (nSPS) is 12.1. The van der Waals surface area contributed by atoms with Crippen molar-refractivity contribution in [3.63, 3.8) is 0 Å². The van der Waals surface area contributed by atoms with Crippen molar-refractivity contribution < 1.29 is 9.53 Å². The third kappa shape index (κ3) is 3.93. The summed E-state index contributed by atoms with van der Waals surface area (Å²) in [5.41, 5.74) is 3.71. The molecule has 1 aromatic heterocycles. The Bertz CT molecular complexity index is 725. The smallest absolute Gasteiger partial charge is 0.229 e. The van der Waals surface area contributed by atoms with E-state index in [2.05, 4.69) is 26.3 Å². The molecule has 2 aromatic rings. The number of anilines is 1. The standard InChI is InChI=1S/C17H22BrN3O2/c1-10-6-7-15(23-5)14(8-10)19-17(22)11(2)9-21-13(4)16(18)12(3)20-21/h6-8,11H,9H2,1-5H3,(H,19,22). The number of nitrogens with one attached hydrogen (secondary N) is 1. The minimum absolute atomic E-state index is 0.0578. The number of hydrogen-bond acceptors (Lipinski definition) is 3. The van der Waals surface area contributed by atoms with Crippen LogP contribution in [0.5, 0.6) is 5.75 Å². The van der Waals surface area contributed by atoms with Gasteiger partial charge < -0.3 is 10.1 Å². The molecule has 2 rings (SSSR count). The van der Waals surface area contributed by atoms with Gasteiger partial charge in [-0.05, 0) is 54.4 Å². The highest BCUT2D eigenvalue weighted by atomic mass is 79.9. The highest BCUT2D eigenvalue weighted by Crippen LogP contribution is 2.26. The molecule has 1 amide bonds. The maximum atomic E-state index is 12.5. The number of methoxy groups -OCH3 is 1. The Labute approximate surface area is 145 Å². The lowest BCUT2D eigenvalue weighted by atomic mass is 10.1. The van der Waals surface area contributed by atoms with Crippen LogP contribution < -0.4 is 10.1 Å². The van der Waals surface area contributed by atoms with Gasteiger partial charge in [0.1, 0.15) is 5.75 Å². The maximum absolute atomic E-state index is 12.5. The maximum Gasteiger partial charge on any atom is 0.229 e. The number of aryl methyl sites for hydroxylation is 2. The van der Waals surface area contributed by atoms with Crippen molar-refractivity contribution in [1.82, 2.24) is 9.78 Å². The van der Waals surface area contributed by atoms with Crippen molar-refractivity contribution in [2.24, 2.45) is 5.92 Å². The van der Waals surface area contributed by atoms with Gasteiger partial charge in [0.05, 0.1) is 35.4 Å². The summed E-state index contributed by atoms with van der Waals surface area (Å²) in [6.07, 6.45) is 0. The van der Waals surface area contributed by atoms with E-state index < -0.39 is 0 Å². The molecule has 1 aromatic carbocycles. The largest absolute Gasteiger partial charge is 0.495 e. The number of benzene rings is 1. The highest BCUT2D eigenvalue weighted by Gasteiger charge is 2.18. The van der Waals surface area contributed by atoms with Gasteiger partial charge in [0.25, 0.3) is 0 Å². The van der Waals surface area contributed by atoms with Crippen LogP contribution in [0.1, 0.15) is 23.9 Å². The van der Waals surface area contributed by atoms with E-state index >= 15 is 0 Å². The van der Waals surface area contributed by atoms with Crippen LogP contribution >= 0.6 is 15.9 Å². The molecule has 0 saturated heterocycles. The van der Waals surface area contributed by atoms with Gasteiger partial charge in [-0.15, -0.1) is 0 Å². The second-order valence-corrected chi connectivity index (χ2v) is 6.55. The first kappa shape index (κ1) is 17.5. The lowest BCUT2D eigenvalue weighted by molar-refractivity contribution is -0.119. The molecule has 1 N–H and O–H groups in total. The first-order valence-electron chi connectivity index (χ1n) is 7.48. The Morgan fingerprint density at radius 2 is 2.09 bits per heavy atom. The molecule has 124 valence electrons. The summed E-state index contributed by atoms with van der Waals surface area (Å²) in [6.45, 7) is 8.32. The molecule has 1 unspecified atom stereocenters. The van der Waals surface area contributed by atoms with E-state index in [0.717, 1.165) is 21.4 Å². The number of nitrogens with zero attached hydrogens (tertiary/aromatic N) is 2. The molecule has 5 nitrogen and oxygen atoms in total. The Kier molecular flexibility index (Phi) is 5.46. The number of amides is 1. The zero-order valence-electron chi connectivity index (χ0n) is 14.1. The van der Waals surface area contributed by atoms with Crippen molar-refractivity contribution in [2.75, 3.05) is 12.4 Å². The van der Waals surface area contributed by atoms with E-state index in [9.17, 15) is 4.79 Å². The van der Waals surface area contributed by atoms with Gasteiger partial charge in [-0.25, -0.2) is 0 Å². The van der Waals surface area contributed by atoms with Gasteiger partial charge in [-0.2, -0.15) is 5.10 Å². The predicted octanol–water partition coefficient (Wildman–Crippen LogP) is 3.85. The molecular weight excluding hydrogens is 358 g/mol. The van der Waals surface area contributed by atoms with E-state index in [0.29, 0.717) is 18.0 Å². The van der Waals surface area contributed by atoms with E-state index in [1.165, 1.54) is 0 Å². The molecule has 0 aliphatic rings. The molecule has 0 spiro atoms. The second-order valence-electron chi connectivity index (χ2n) is 5.76. The van der Waals surface area contributed by atoms with Crippen LogP contribution in [0.15, 0.2) is 22.7 Å². The number of carbonyl (C=O) groups is 1. The van der Waals surface area contributed by atoms with Gasteiger partial charge >= 0.3 is 0 Å². The fraction of sp³-hybridized carbons (Fsp3) is 0.412.